The molecule has 10 heteroatoms. The minimum atomic E-state index is -3.37. The summed E-state index contributed by atoms with van der Waals surface area (Å²) in [5.41, 5.74) is 0. The summed E-state index contributed by atoms with van der Waals surface area (Å²) in [4.78, 5) is 18.0. The summed E-state index contributed by atoms with van der Waals surface area (Å²) in [6, 6.07) is 10.2. The maximum absolute atomic E-state index is 12.8. The van der Waals surface area contributed by atoms with Crippen LogP contribution in [-0.4, -0.2) is 73.8 Å². The van der Waals surface area contributed by atoms with Crippen molar-refractivity contribution in [2.45, 2.75) is 31.2 Å². The zero-order chi connectivity index (χ0) is 21.4. The predicted molar refractivity (Wildman–Crippen MR) is 135 cm³/mol. The van der Waals surface area contributed by atoms with Crippen molar-refractivity contribution in [3.8, 4) is 0 Å². The van der Waals surface area contributed by atoms with Crippen molar-refractivity contribution < 1.29 is 8.42 Å². The van der Waals surface area contributed by atoms with Crippen LogP contribution in [0.2, 0.25) is 0 Å². The van der Waals surface area contributed by atoms with Crippen molar-refractivity contribution >= 4 is 45.7 Å². The Morgan fingerprint density at radius 2 is 1.71 bits per heavy atom. The lowest BCUT2D eigenvalue weighted by atomic mass is 10.2. The Kier molecular flexibility index (Phi) is 9.94. The quantitative estimate of drug-likeness (QED) is 0.317. The number of nitrogens with one attached hydrogen (secondary N) is 1. The van der Waals surface area contributed by atoms with Gasteiger partial charge in [0.2, 0.25) is 5.95 Å². The molecule has 1 aliphatic heterocycles. The molecule has 170 valence electrons. The van der Waals surface area contributed by atoms with Gasteiger partial charge in [-0.05, 0) is 31.5 Å². The lowest BCUT2D eigenvalue weighted by molar-refractivity contribution is 0.364. The number of hydrogen-bond acceptors (Lipinski definition) is 6. The van der Waals surface area contributed by atoms with E-state index in [0.717, 1.165) is 38.1 Å². The van der Waals surface area contributed by atoms with E-state index in [9.17, 15) is 8.42 Å². The lowest BCUT2D eigenvalue weighted by Crippen LogP contribution is -2.55. The number of halogens is 1. The summed E-state index contributed by atoms with van der Waals surface area (Å²) in [6.07, 6.45) is 4.19. The number of aliphatic imine (C=N–C) groups is 1. The fourth-order valence-electron chi connectivity index (χ4n) is 3.39. The summed E-state index contributed by atoms with van der Waals surface area (Å²) in [7, 11) is -3.37. The van der Waals surface area contributed by atoms with Crippen LogP contribution in [0.1, 0.15) is 20.3 Å². The molecule has 0 amide bonds. The van der Waals surface area contributed by atoms with Crippen LogP contribution in [0.5, 0.6) is 0 Å². The monoisotopic (exact) mass is 558 g/mol. The molecule has 0 radical (unpaired) electrons. The van der Waals surface area contributed by atoms with Crippen LogP contribution in [0.25, 0.3) is 0 Å². The number of rotatable bonds is 7. The van der Waals surface area contributed by atoms with E-state index in [0.29, 0.717) is 17.9 Å². The van der Waals surface area contributed by atoms with Crippen molar-refractivity contribution in [2.75, 3.05) is 43.4 Å². The summed E-state index contributed by atoms with van der Waals surface area (Å²) in [6.45, 7) is 7.72. The van der Waals surface area contributed by atoms with Crippen molar-refractivity contribution in [1.29, 1.82) is 0 Å². The fraction of sp³-hybridized carbons (Fsp3) is 0.476. The summed E-state index contributed by atoms with van der Waals surface area (Å²) >= 11 is 0. The Morgan fingerprint density at radius 3 is 2.29 bits per heavy atom. The minimum absolute atomic E-state index is 0. The molecule has 1 aromatic heterocycles. The molecule has 1 aromatic carbocycles. The van der Waals surface area contributed by atoms with Gasteiger partial charge in [0.1, 0.15) is 0 Å². The van der Waals surface area contributed by atoms with E-state index in [1.54, 1.807) is 36.7 Å². The molecule has 1 saturated heterocycles. The van der Waals surface area contributed by atoms with Crippen molar-refractivity contribution in [3.63, 3.8) is 0 Å². The highest BCUT2D eigenvalue weighted by atomic mass is 127. The van der Waals surface area contributed by atoms with Gasteiger partial charge in [-0.25, -0.2) is 18.4 Å². The molecule has 2 heterocycles. The molecule has 2 aromatic rings. The molecule has 31 heavy (non-hydrogen) atoms. The molecule has 3 rings (SSSR count). The molecule has 0 bridgehead atoms. The van der Waals surface area contributed by atoms with Gasteiger partial charge >= 0.3 is 0 Å². The third kappa shape index (κ3) is 7.03. The van der Waals surface area contributed by atoms with Gasteiger partial charge < -0.3 is 15.1 Å². The first-order chi connectivity index (χ1) is 14.5. The Labute approximate surface area is 202 Å². The van der Waals surface area contributed by atoms with Gasteiger partial charge in [0.05, 0.1) is 10.6 Å². The molecular weight excluding hydrogens is 527 g/mol. The summed E-state index contributed by atoms with van der Waals surface area (Å²) < 4.78 is 25.6. The first-order valence-electron chi connectivity index (χ1n) is 10.4. The average molecular weight is 558 g/mol. The third-order valence-electron chi connectivity index (χ3n) is 5.07. The summed E-state index contributed by atoms with van der Waals surface area (Å²) in [5.74, 6) is 1.54. The SMILES string of the molecule is CCN=C(NC(CC)CS(=O)(=O)c1ccccc1)N1CCN(c2ncccn2)CC1.I. The second-order valence-electron chi connectivity index (χ2n) is 7.16. The molecule has 8 nitrogen and oxygen atoms in total. The second-order valence-corrected chi connectivity index (χ2v) is 9.20. The second kappa shape index (κ2) is 12.2. The highest BCUT2D eigenvalue weighted by molar-refractivity contribution is 14.0. The molecule has 1 atom stereocenters. The molecule has 0 spiro atoms. The number of guanidine groups is 1. The number of hydrogen-bond donors (Lipinski definition) is 1. The van der Waals surface area contributed by atoms with E-state index in [1.807, 2.05) is 26.0 Å². The fourth-order valence-corrected chi connectivity index (χ4v) is 5.01. The van der Waals surface area contributed by atoms with Crippen LogP contribution in [0, 0.1) is 0 Å². The molecule has 1 fully saturated rings. The summed E-state index contributed by atoms with van der Waals surface area (Å²) in [5, 5.41) is 3.40. The Bertz CT molecular complexity index is 919. The smallest absolute Gasteiger partial charge is 0.225 e. The zero-order valence-corrected chi connectivity index (χ0v) is 21.2. The van der Waals surface area contributed by atoms with Crippen molar-refractivity contribution in [2.24, 2.45) is 4.99 Å². The van der Waals surface area contributed by atoms with E-state index in [2.05, 4.69) is 30.1 Å². The highest BCUT2D eigenvalue weighted by Gasteiger charge is 2.25. The maximum atomic E-state index is 12.8. The standard InChI is InChI=1S/C21H30N6O2S.HI/c1-3-18(17-30(28,29)19-9-6-5-7-10-19)25-21(22-4-2)27-15-13-26(14-16-27)20-23-11-8-12-24-20;/h5-12,18H,3-4,13-17H2,1-2H3,(H,22,25);1H. The van der Waals surface area contributed by atoms with E-state index in [-0.39, 0.29) is 35.8 Å². The van der Waals surface area contributed by atoms with Crippen LogP contribution in [0.15, 0.2) is 58.7 Å². The topological polar surface area (TPSA) is 90.8 Å². The number of piperazine rings is 1. The number of sulfone groups is 1. The number of aromatic nitrogens is 2. The molecular formula is C21H31IN6O2S. The van der Waals surface area contributed by atoms with Gasteiger partial charge in [0, 0.05) is 51.2 Å². The van der Waals surface area contributed by atoms with Crippen LogP contribution in [0.3, 0.4) is 0 Å². The highest BCUT2D eigenvalue weighted by Crippen LogP contribution is 2.14. The van der Waals surface area contributed by atoms with Gasteiger partial charge in [0.15, 0.2) is 15.8 Å². The average Bonchev–Trinajstić information content (AvgIpc) is 2.79. The zero-order valence-electron chi connectivity index (χ0n) is 18.0. The van der Waals surface area contributed by atoms with E-state index < -0.39 is 9.84 Å². The molecule has 0 aliphatic carbocycles. The third-order valence-corrected chi connectivity index (χ3v) is 6.90. The van der Waals surface area contributed by atoms with Crippen LogP contribution < -0.4 is 10.2 Å². The Hall–Kier alpha value is -1.95. The van der Waals surface area contributed by atoms with Gasteiger partial charge in [0.25, 0.3) is 0 Å². The molecule has 0 saturated carbocycles. The largest absolute Gasteiger partial charge is 0.352 e. The normalized spacial score (nSPS) is 15.9. The first kappa shape index (κ1) is 25.3. The Morgan fingerprint density at radius 1 is 1.06 bits per heavy atom. The number of nitrogens with zero attached hydrogens (tertiary/aromatic N) is 5. The lowest BCUT2D eigenvalue weighted by Gasteiger charge is -2.37. The van der Waals surface area contributed by atoms with Gasteiger partial charge in [-0.1, -0.05) is 25.1 Å². The minimum Gasteiger partial charge on any atom is -0.352 e. The van der Waals surface area contributed by atoms with Gasteiger partial charge in [-0.2, -0.15) is 0 Å². The predicted octanol–water partition coefficient (Wildman–Crippen LogP) is 2.43. The van der Waals surface area contributed by atoms with Crippen molar-refractivity contribution in [3.05, 3.63) is 48.8 Å². The number of benzene rings is 1. The molecule has 1 unspecified atom stereocenters. The first-order valence-corrected chi connectivity index (χ1v) is 12.0. The molecule has 1 N–H and O–H groups in total. The van der Waals surface area contributed by atoms with Crippen LogP contribution in [0.4, 0.5) is 5.95 Å². The Balaban J connectivity index is 0.00000341. The molecule has 1 aliphatic rings. The van der Waals surface area contributed by atoms with Gasteiger partial charge in [-0.3, -0.25) is 4.99 Å². The van der Waals surface area contributed by atoms with Gasteiger partial charge in [-0.15, -0.1) is 24.0 Å². The van der Waals surface area contributed by atoms with Crippen LogP contribution >= 0.6 is 24.0 Å². The van der Waals surface area contributed by atoms with E-state index >= 15 is 0 Å². The van der Waals surface area contributed by atoms with E-state index in [4.69, 9.17) is 0 Å². The van der Waals surface area contributed by atoms with Crippen LogP contribution in [-0.2, 0) is 9.84 Å². The number of anilines is 1. The maximum Gasteiger partial charge on any atom is 0.225 e. The van der Waals surface area contributed by atoms with Crippen molar-refractivity contribution in [1.82, 2.24) is 20.2 Å². The van der Waals surface area contributed by atoms with E-state index in [1.165, 1.54) is 0 Å².